The molecule has 0 unspecified atom stereocenters. The van der Waals surface area contributed by atoms with Gasteiger partial charge in [-0.15, -0.1) is 5.10 Å². The molecule has 0 spiro atoms. The van der Waals surface area contributed by atoms with Gasteiger partial charge in [-0.05, 0) is 20.8 Å². The van der Waals surface area contributed by atoms with E-state index in [9.17, 15) is 4.79 Å². The number of piperazine rings is 1. The molecule has 19 heavy (non-hydrogen) atoms. The average molecular weight is 267 g/mol. The summed E-state index contributed by atoms with van der Waals surface area (Å²) >= 11 is 0. The van der Waals surface area contributed by atoms with Crippen LogP contribution in [0.3, 0.4) is 0 Å². The van der Waals surface area contributed by atoms with Crippen molar-refractivity contribution >= 4 is 11.9 Å². The van der Waals surface area contributed by atoms with Crippen LogP contribution in [0.5, 0.6) is 0 Å². The minimum Gasteiger partial charge on any atom is -0.407 e. The Balaban J connectivity index is 1.95. The van der Waals surface area contributed by atoms with Crippen LogP contribution in [-0.2, 0) is 11.3 Å². The number of hydrogen-bond donors (Lipinski definition) is 1. The first-order valence-corrected chi connectivity index (χ1v) is 6.41. The highest BCUT2D eigenvalue weighted by molar-refractivity contribution is 5.81. The molecule has 1 fully saturated rings. The number of nitrogens with one attached hydrogen (secondary N) is 1. The van der Waals surface area contributed by atoms with E-state index in [1.165, 1.54) is 0 Å². The van der Waals surface area contributed by atoms with Gasteiger partial charge < -0.3 is 19.5 Å². The van der Waals surface area contributed by atoms with E-state index in [2.05, 4.69) is 36.3 Å². The van der Waals surface area contributed by atoms with Gasteiger partial charge in [0.25, 0.3) is 0 Å². The predicted octanol–water partition coefficient (Wildman–Crippen LogP) is 0.236. The van der Waals surface area contributed by atoms with Crippen molar-refractivity contribution in [2.75, 3.05) is 31.6 Å². The number of amides is 1. The molecule has 1 N–H and O–H groups in total. The second kappa shape index (κ2) is 5.16. The maximum atomic E-state index is 11.6. The third-order valence-electron chi connectivity index (χ3n) is 2.95. The topological polar surface area (TPSA) is 74.5 Å². The number of aromatic nitrogens is 2. The number of anilines is 1. The second-order valence-corrected chi connectivity index (χ2v) is 5.82. The highest BCUT2D eigenvalue weighted by Gasteiger charge is 2.25. The van der Waals surface area contributed by atoms with Crippen LogP contribution < -0.4 is 10.2 Å². The largest absolute Gasteiger partial charge is 0.407 e. The molecule has 1 aromatic heterocycles. The van der Waals surface area contributed by atoms with E-state index >= 15 is 0 Å². The molecule has 1 saturated heterocycles. The molecule has 0 atom stereocenters. The van der Waals surface area contributed by atoms with E-state index in [-0.39, 0.29) is 11.4 Å². The summed E-state index contributed by atoms with van der Waals surface area (Å²) < 4.78 is 5.57. The van der Waals surface area contributed by atoms with E-state index in [1.807, 2.05) is 4.90 Å². The zero-order chi connectivity index (χ0) is 14.0. The Morgan fingerprint density at radius 3 is 2.68 bits per heavy atom. The van der Waals surface area contributed by atoms with Gasteiger partial charge in [-0.3, -0.25) is 4.79 Å². The molecule has 0 radical (unpaired) electrons. The van der Waals surface area contributed by atoms with E-state index in [0.29, 0.717) is 31.5 Å². The zero-order valence-electron chi connectivity index (χ0n) is 11.9. The number of rotatable bonds is 3. The lowest BCUT2D eigenvalue weighted by Gasteiger charge is -2.30. The van der Waals surface area contributed by atoms with Crippen LogP contribution in [0.15, 0.2) is 4.42 Å². The van der Waals surface area contributed by atoms with Crippen molar-refractivity contribution in [2.45, 2.75) is 32.9 Å². The first-order chi connectivity index (χ1) is 8.85. The fourth-order valence-electron chi connectivity index (χ4n) is 1.71. The highest BCUT2D eigenvalue weighted by atomic mass is 16.4. The quantitative estimate of drug-likeness (QED) is 0.845. The summed E-state index contributed by atoms with van der Waals surface area (Å²) in [7, 11) is 1.80. The van der Waals surface area contributed by atoms with Gasteiger partial charge in [0, 0.05) is 25.7 Å². The van der Waals surface area contributed by atoms with Crippen molar-refractivity contribution in [2.24, 2.45) is 0 Å². The van der Waals surface area contributed by atoms with Gasteiger partial charge in [0.2, 0.25) is 11.8 Å². The van der Waals surface area contributed by atoms with Gasteiger partial charge in [0.15, 0.2) is 0 Å². The van der Waals surface area contributed by atoms with Gasteiger partial charge in [-0.2, -0.15) is 0 Å². The van der Waals surface area contributed by atoms with Gasteiger partial charge in [0.1, 0.15) is 6.54 Å². The molecule has 7 nitrogen and oxygen atoms in total. The molecule has 1 aliphatic heterocycles. The van der Waals surface area contributed by atoms with Crippen LogP contribution in [0.2, 0.25) is 0 Å². The fraction of sp³-hybridized carbons (Fsp3) is 0.750. The first kappa shape index (κ1) is 13.8. The molecule has 0 bridgehead atoms. The van der Waals surface area contributed by atoms with E-state index < -0.39 is 0 Å². The predicted molar refractivity (Wildman–Crippen MR) is 70.7 cm³/mol. The third-order valence-corrected chi connectivity index (χ3v) is 2.95. The molecule has 106 valence electrons. The van der Waals surface area contributed by atoms with Gasteiger partial charge >= 0.3 is 6.01 Å². The van der Waals surface area contributed by atoms with Crippen LogP contribution >= 0.6 is 0 Å². The van der Waals surface area contributed by atoms with Gasteiger partial charge in [0.05, 0.1) is 6.54 Å². The van der Waals surface area contributed by atoms with Crippen molar-refractivity contribution < 1.29 is 9.21 Å². The summed E-state index contributed by atoms with van der Waals surface area (Å²) in [6.45, 7) is 8.44. The lowest BCUT2D eigenvalue weighted by molar-refractivity contribution is -0.129. The second-order valence-electron chi connectivity index (χ2n) is 5.82. The highest BCUT2D eigenvalue weighted by Crippen LogP contribution is 2.15. The van der Waals surface area contributed by atoms with Crippen LogP contribution in [0.1, 0.15) is 26.7 Å². The Morgan fingerprint density at radius 2 is 2.05 bits per heavy atom. The van der Waals surface area contributed by atoms with Crippen LogP contribution in [0.4, 0.5) is 6.01 Å². The van der Waals surface area contributed by atoms with Crippen molar-refractivity contribution in [3.63, 3.8) is 0 Å². The lowest BCUT2D eigenvalue weighted by atomic mass is 10.1. The molecule has 0 aliphatic carbocycles. The summed E-state index contributed by atoms with van der Waals surface area (Å²) in [4.78, 5) is 15.1. The molecule has 0 saturated carbocycles. The number of likely N-dealkylation sites (N-methyl/N-ethyl adjacent to an activating group) is 1. The van der Waals surface area contributed by atoms with Crippen LogP contribution in [0.25, 0.3) is 0 Å². The Bertz CT molecular complexity index is 451. The maximum absolute atomic E-state index is 11.6. The Hall–Kier alpha value is -1.63. The lowest BCUT2D eigenvalue weighted by Crippen LogP contribution is -2.48. The monoisotopic (exact) mass is 267 g/mol. The van der Waals surface area contributed by atoms with Gasteiger partial charge in [-0.25, -0.2) is 0 Å². The van der Waals surface area contributed by atoms with Crippen molar-refractivity contribution in [3.8, 4) is 0 Å². The van der Waals surface area contributed by atoms with Crippen molar-refractivity contribution in [3.05, 3.63) is 5.89 Å². The van der Waals surface area contributed by atoms with Crippen molar-refractivity contribution in [1.82, 2.24) is 20.4 Å². The standard InChI is InChI=1S/C12H21N5O2/c1-12(2,3)13-7-9-14-15-11(19-9)17-6-5-16(4)10(18)8-17/h13H,5-8H2,1-4H3. The molecule has 2 rings (SSSR count). The molecule has 0 aromatic carbocycles. The summed E-state index contributed by atoms with van der Waals surface area (Å²) in [5, 5.41) is 11.3. The molecule has 2 heterocycles. The third kappa shape index (κ3) is 3.66. The number of carbonyl (C=O) groups excluding carboxylic acids is 1. The Morgan fingerprint density at radius 1 is 1.32 bits per heavy atom. The molecule has 1 aromatic rings. The fourth-order valence-corrected chi connectivity index (χ4v) is 1.71. The summed E-state index contributed by atoms with van der Waals surface area (Å²) in [6.07, 6.45) is 0. The summed E-state index contributed by atoms with van der Waals surface area (Å²) in [6, 6.07) is 0.423. The molecular formula is C12H21N5O2. The van der Waals surface area contributed by atoms with E-state index in [4.69, 9.17) is 4.42 Å². The minimum atomic E-state index is -0.00155. The minimum absolute atomic E-state index is 0.00155. The van der Waals surface area contributed by atoms with Gasteiger partial charge in [-0.1, -0.05) is 5.10 Å². The number of nitrogens with zero attached hydrogens (tertiary/aromatic N) is 4. The molecule has 7 heteroatoms. The summed E-state index contributed by atoms with van der Waals surface area (Å²) in [5.74, 6) is 0.607. The molecule has 1 amide bonds. The van der Waals surface area contributed by atoms with Crippen LogP contribution in [-0.4, -0.2) is 53.2 Å². The first-order valence-electron chi connectivity index (χ1n) is 6.41. The summed E-state index contributed by atoms with van der Waals surface area (Å²) in [5.41, 5.74) is -0.00155. The molecule has 1 aliphatic rings. The normalized spacial score (nSPS) is 17.2. The van der Waals surface area contributed by atoms with Crippen molar-refractivity contribution in [1.29, 1.82) is 0 Å². The smallest absolute Gasteiger partial charge is 0.318 e. The Kier molecular flexibility index (Phi) is 3.75. The van der Waals surface area contributed by atoms with Crippen LogP contribution in [0, 0.1) is 0 Å². The van der Waals surface area contributed by atoms with E-state index in [0.717, 1.165) is 6.54 Å². The maximum Gasteiger partial charge on any atom is 0.318 e. The van der Waals surface area contributed by atoms with E-state index in [1.54, 1.807) is 11.9 Å². The SMILES string of the molecule is CN1CCN(c2nnc(CNC(C)(C)C)o2)CC1=O. The zero-order valence-corrected chi connectivity index (χ0v) is 11.9. The average Bonchev–Trinajstić information content (AvgIpc) is 2.78. The molecular weight excluding hydrogens is 246 g/mol. The Labute approximate surface area is 113 Å². The number of carbonyl (C=O) groups is 1. The number of hydrogen-bond acceptors (Lipinski definition) is 6.